The van der Waals surface area contributed by atoms with Gasteiger partial charge in [-0.3, -0.25) is 9.69 Å². The molecule has 0 bridgehead atoms. The van der Waals surface area contributed by atoms with Crippen LogP contribution in [0.25, 0.3) is 22.3 Å². The van der Waals surface area contributed by atoms with E-state index in [4.69, 9.17) is 11.6 Å². The molecule has 11 nitrogen and oxygen atoms in total. The first-order valence-corrected chi connectivity index (χ1v) is 16.1. The number of piperidine rings is 1. The van der Waals surface area contributed by atoms with Gasteiger partial charge in [0.05, 0.1) is 33.7 Å². The fourth-order valence-corrected chi connectivity index (χ4v) is 9.01. The molecule has 1 aromatic carbocycles. The second-order valence-electron chi connectivity index (χ2n) is 12.3. The number of ketones is 1. The number of hydrogen-bond donors (Lipinski definition) is 3. The molecule has 3 fully saturated rings. The second-order valence-corrected chi connectivity index (χ2v) is 15.1. The van der Waals surface area contributed by atoms with Gasteiger partial charge in [-0.1, -0.05) is 18.0 Å². The number of carbonyl (C=O) groups is 1. The normalized spacial score (nSPS) is 25.4. The number of sulfone groups is 1. The molecule has 3 N–H and O–H groups in total. The van der Waals surface area contributed by atoms with Crippen molar-refractivity contribution in [3.63, 3.8) is 0 Å². The molecular formula is C28H34ClFN6O5S. The molecule has 3 aliphatic rings. The van der Waals surface area contributed by atoms with Crippen LogP contribution in [-0.2, 0) is 20.2 Å². The number of fused-ring (bicyclic) bond motifs is 2. The largest absolute Gasteiger partial charge is 0.383 e. The van der Waals surface area contributed by atoms with Crippen LogP contribution in [0.5, 0.6) is 0 Å². The molecule has 42 heavy (non-hydrogen) atoms. The van der Waals surface area contributed by atoms with Crippen LogP contribution in [0.1, 0.15) is 71.7 Å². The van der Waals surface area contributed by atoms with Crippen LogP contribution in [0, 0.1) is 5.82 Å². The molecule has 1 aliphatic carbocycles. The Balaban J connectivity index is 1.28. The molecule has 0 spiro atoms. The number of carbonyl (C=O) groups excluding carboxylic acids is 1. The van der Waals surface area contributed by atoms with E-state index in [0.717, 1.165) is 6.42 Å². The predicted molar refractivity (Wildman–Crippen MR) is 155 cm³/mol. The molecule has 1 saturated carbocycles. The minimum Gasteiger partial charge on any atom is -0.383 e. The van der Waals surface area contributed by atoms with Gasteiger partial charge in [0.15, 0.2) is 27.7 Å². The minimum atomic E-state index is -3.44. The van der Waals surface area contributed by atoms with Crippen molar-refractivity contribution in [2.75, 3.05) is 5.32 Å². The highest BCUT2D eigenvalue weighted by Crippen LogP contribution is 2.43. The van der Waals surface area contributed by atoms with Crippen molar-refractivity contribution in [3.05, 3.63) is 35.0 Å². The minimum absolute atomic E-state index is 0.0569. The summed E-state index contributed by atoms with van der Waals surface area (Å²) in [6, 6.07) is 1.69. The molecule has 6 rings (SSSR count). The summed E-state index contributed by atoms with van der Waals surface area (Å²) in [6.07, 6.45) is 2.54. The number of hydrogen-bond acceptors (Lipinski definition) is 10. The van der Waals surface area contributed by atoms with Crippen molar-refractivity contribution >= 4 is 44.2 Å². The Hall–Kier alpha value is -2.71. The highest BCUT2D eigenvalue weighted by atomic mass is 35.5. The molecule has 4 heterocycles. The molecule has 0 radical (unpaired) electrons. The fourth-order valence-electron chi connectivity index (χ4n) is 6.26. The maximum atomic E-state index is 15.4. The quantitative estimate of drug-likeness (QED) is 0.358. The van der Waals surface area contributed by atoms with E-state index < -0.39 is 49.9 Å². The van der Waals surface area contributed by atoms with Gasteiger partial charge in [-0.2, -0.15) is 0 Å². The van der Waals surface area contributed by atoms with Crippen molar-refractivity contribution in [1.29, 1.82) is 0 Å². The molecule has 0 amide bonds. The molecule has 2 aromatic heterocycles. The number of nitrogens with zero attached hydrogens (tertiary/aromatic N) is 5. The third-order valence-corrected chi connectivity index (χ3v) is 11.5. The van der Waals surface area contributed by atoms with E-state index >= 15 is 4.39 Å². The van der Waals surface area contributed by atoms with Gasteiger partial charge >= 0.3 is 0 Å². The van der Waals surface area contributed by atoms with E-state index in [-0.39, 0.29) is 40.7 Å². The predicted octanol–water partition coefficient (Wildman–Crippen LogP) is 3.53. The zero-order valence-corrected chi connectivity index (χ0v) is 25.3. The summed E-state index contributed by atoms with van der Waals surface area (Å²) in [4.78, 5) is 27.6. The maximum absolute atomic E-state index is 15.4. The van der Waals surface area contributed by atoms with E-state index in [1.807, 2.05) is 13.8 Å². The Labute approximate surface area is 248 Å². The number of Topliss-reactive ketones (excluding diaryl/α,β-unsaturated/α-hetero) is 1. The summed E-state index contributed by atoms with van der Waals surface area (Å²) in [5.41, 5.74) is -0.171. The van der Waals surface area contributed by atoms with Gasteiger partial charge in [-0.25, -0.2) is 27.8 Å². The van der Waals surface area contributed by atoms with Crippen molar-refractivity contribution in [1.82, 2.24) is 24.4 Å². The van der Waals surface area contributed by atoms with Gasteiger partial charge in [0.25, 0.3) is 0 Å². The number of aliphatic hydroxyl groups is 2. The van der Waals surface area contributed by atoms with E-state index in [1.165, 1.54) is 17.2 Å². The number of imidazole rings is 1. The summed E-state index contributed by atoms with van der Waals surface area (Å²) in [5, 5.41) is 23.4. The lowest BCUT2D eigenvalue weighted by Crippen LogP contribution is -2.71. The van der Waals surface area contributed by atoms with Crippen LogP contribution >= 0.6 is 11.6 Å². The third kappa shape index (κ3) is 4.69. The fraction of sp³-hybridized carbons (Fsp3) is 0.571. The molecular weight excluding hydrogens is 587 g/mol. The van der Waals surface area contributed by atoms with Gasteiger partial charge in [0.2, 0.25) is 5.95 Å². The Morgan fingerprint density at radius 3 is 2.52 bits per heavy atom. The first-order valence-electron chi connectivity index (χ1n) is 14.1. The van der Waals surface area contributed by atoms with Crippen molar-refractivity contribution in [3.8, 4) is 11.3 Å². The zero-order chi connectivity index (χ0) is 30.3. The Morgan fingerprint density at radius 2 is 1.90 bits per heavy atom. The zero-order valence-electron chi connectivity index (χ0n) is 23.8. The summed E-state index contributed by atoms with van der Waals surface area (Å²) in [6.45, 7) is 6.99. The Kier molecular flexibility index (Phi) is 7.12. The first-order chi connectivity index (χ1) is 19.7. The van der Waals surface area contributed by atoms with Gasteiger partial charge in [0, 0.05) is 17.6 Å². The smallest absolute Gasteiger partial charge is 0.223 e. The molecule has 4 atom stereocenters. The second kappa shape index (κ2) is 10.2. The highest BCUT2D eigenvalue weighted by Gasteiger charge is 2.57. The lowest BCUT2D eigenvalue weighted by molar-refractivity contribution is -0.161. The molecule has 14 heteroatoms. The monoisotopic (exact) mass is 620 g/mol. The van der Waals surface area contributed by atoms with Crippen LogP contribution in [0.4, 0.5) is 10.3 Å². The number of aromatic nitrogens is 4. The number of benzene rings is 1. The Bertz CT molecular complexity index is 1690. The third-order valence-electron chi connectivity index (χ3n) is 8.65. The SMILES string of the molecule is CC(C)n1c(C(C)(C)O)nc2c(F)cc(-c3nc(N[C@@H]4C[C@H]5CC(S(=O)(=O)C6CCC6)N5[C@@H](O)C4=O)ncc3Cl)cc21. The summed E-state index contributed by atoms with van der Waals surface area (Å²) < 4.78 is 43.0. The number of anilines is 1. The molecule has 3 aromatic rings. The van der Waals surface area contributed by atoms with Gasteiger partial charge < -0.3 is 20.1 Å². The number of aliphatic hydroxyl groups excluding tert-OH is 1. The van der Waals surface area contributed by atoms with Crippen LogP contribution in [-0.4, -0.2) is 77.8 Å². The van der Waals surface area contributed by atoms with Gasteiger partial charge in [-0.05, 0) is 65.5 Å². The van der Waals surface area contributed by atoms with Crippen LogP contribution < -0.4 is 5.32 Å². The van der Waals surface area contributed by atoms with Crippen LogP contribution in [0.15, 0.2) is 18.3 Å². The number of halogens is 2. The summed E-state index contributed by atoms with van der Waals surface area (Å²) >= 11 is 6.45. The van der Waals surface area contributed by atoms with Crippen molar-refractivity contribution < 1.29 is 27.8 Å². The lowest BCUT2D eigenvalue weighted by atomic mass is 9.86. The van der Waals surface area contributed by atoms with Gasteiger partial charge in [0.1, 0.15) is 22.3 Å². The molecule has 2 aliphatic heterocycles. The van der Waals surface area contributed by atoms with E-state index in [0.29, 0.717) is 36.2 Å². The highest BCUT2D eigenvalue weighted by molar-refractivity contribution is 7.92. The van der Waals surface area contributed by atoms with E-state index in [9.17, 15) is 23.4 Å². The van der Waals surface area contributed by atoms with Crippen molar-refractivity contribution in [2.24, 2.45) is 0 Å². The van der Waals surface area contributed by atoms with Crippen LogP contribution in [0.3, 0.4) is 0 Å². The topological polar surface area (TPSA) is 151 Å². The standard InChI is InChI=1S/C28H34ClFN6O5S/c1-13(2)35-20-9-14(8-18(30)23(20)33-26(35)28(3,4)39)22-17(29)12-31-27(34-22)32-19-10-15-11-21(36(15)25(38)24(19)37)42(40,41)16-6-5-7-16/h8-9,12-13,15-16,19,21,25,38-39H,5-7,10-11H2,1-4H3,(H,31,32,34)/t15-,19+,21?,25-/m0/s1. The van der Waals surface area contributed by atoms with E-state index in [1.54, 1.807) is 24.5 Å². The average Bonchev–Trinajstić information content (AvgIpc) is 3.25. The summed E-state index contributed by atoms with van der Waals surface area (Å²) in [7, 11) is -3.44. The van der Waals surface area contributed by atoms with Gasteiger partial charge in [-0.15, -0.1) is 0 Å². The number of rotatable bonds is 7. The lowest BCUT2D eigenvalue weighted by Gasteiger charge is -2.54. The maximum Gasteiger partial charge on any atom is 0.223 e. The average molecular weight is 621 g/mol. The first kappa shape index (κ1) is 29.4. The molecule has 1 unspecified atom stereocenters. The van der Waals surface area contributed by atoms with Crippen molar-refractivity contribution in [2.45, 2.75) is 100 Å². The number of nitrogens with one attached hydrogen (secondary N) is 1. The van der Waals surface area contributed by atoms with E-state index in [2.05, 4.69) is 20.3 Å². The Morgan fingerprint density at radius 1 is 1.19 bits per heavy atom. The summed E-state index contributed by atoms with van der Waals surface area (Å²) in [5.74, 6) is -0.797. The van der Waals surface area contributed by atoms with Crippen LogP contribution in [0.2, 0.25) is 5.02 Å². The molecule has 2 saturated heterocycles. The molecule has 226 valence electrons.